The lowest BCUT2D eigenvalue weighted by atomic mass is 10.1. The van der Waals surface area contributed by atoms with Gasteiger partial charge in [-0.15, -0.1) is 10.3 Å². The number of piperidine rings is 1. The minimum absolute atomic E-state index is 0.134. The number of halogens is 1. The molecular formula is C21H32FN3O4S. The molecule has 0 unspecified atom stereocenters. The number of nitrogens with zero attached hydrogens (tertiary/aromatic N) is 2. The normalized spacial score (nSPS) is 20.3. The summed E-state index contributed by atoms with van der Waals surface area (Å²) in [6.07, 6.45) is 6.80. The van der Waals surface area contributed by atoms with E-state index >= 15 is 0 Å². The molecule has 2 saturated heterocycles. The lowest BCUT2D eigenvalue weighted by Crippen LogP contribution is -2.34. The minimum Gasteiger partial charge on any atom is -0.442 e. The number of cyclic esters (lactones) is 1. The molecule has 0 bridgehead atoms. The standard InChI is InChI=1S/C21H32FN3O4S/c1-30(2,28)12-6-7-20(26)23-14-17-15-25(21(27)29-17)16-8-9-19(18(22)13-16)24-10-4-3-5-11-24/h8-9,13,17,28H,3-7,10-12,14-15H2,1-2H3,(H,23,26)/t17-/m0/s1. The molecule has 168 valence electrons. The third-order valence-corrected chi connectivity index (χ3v) is 6.68. The maximum Gasteiger partial charge on any atom is 0.414 e. The van der Waals surface area contributed by atoms with Gasteiger partial charge in [-0.1, -0.05) is 0 Å². The number of amides is 2. The Morgan fingerprint density at radius 1 is 1.30 bits per heavy atom. The van der Waals surface area contributed by atoms with Gasteiger partial charge < -0.3 is 19.5 Å². The van der Waals surface area contributed by atoms with Crippen LogP contribution in [0.4, 0.5) is 20.6 Å². The van der Waals surface area contributed by atoms with Crippen LogP contribution in [-0.2, 0) is 9.53 Å². The van der Waals surface area contributed by atoms with Crippen LogP contribution in [0.5, 0.6) is 0 Å². The Morgan fingerprint density at radius 3 is 2.70 bits per heavy atom. The van der Waals surface area contributed by atoms with Crippen molar-refractivity contribution in [1.29, 1.82) is 0 Å². The molecule has 1 atom stereocenters. The Hall–Kier alpha value is -2.00. The third-order valence-electron chi connectivity index (χ3n) is 5.39. The van der Waals surface area contributed by atoms with Crippen molar-refractivity contribution in [3.8, 4) is 0 Å². The molecule has 3 rings (SSSR count). The monoisotopic (exact) mass is 441 g/mol. The highest BCUT2D eigenvalue weighted by Crippen LogP contribution is 2.34. The number of ether oxygens (including phenoxy) is 1. The van der Waals surface area contributed by atoms with Crippen LogP contribution in [-0.4, -0.2) is 67.1 Å². The SMILES string of the molecule is CS(C)(O)CCCC(=O)NC[C@H]1CN(c2ccc(N3CCCCC3)c(F)c2)C(=O)O1. The number of hydrogen-bond acceptors (Lipinski definition) is 5. The van der Waals surface area contributed by atoms with E-state index in [1.54, 1.807) is 24.6 Å². The molecule has 2 aliphatic rings. The van der Waals surface area contributed by atoms with E-state index in [1.807, 2.05) is 4.90 Å². The molecule has 0 aromatic heterocycles. The first-order chi connectivity index (χ1) is 14.2. The predicted octanol–water partition coefficient (Wildman–Crippen LogP) is 3.57. The van der Waals surface area contributed by atoms with Gasteiger partial charge in [0.25, 0.3) is 0 Å². The summed E-state index contributed by atoms with van der Waals surface area (Å²) in [7, 11) is -1.60. The van der Waals surface area contributed by atoms with E-state index in [0.29, 0.717) is 30.0 Å². The van der Waals surface area contributed by atoms with Gasteiger partial charge in [-0.3, -0.25) is 9.69 Å². The lowest BCUT2D eigenvalue weighted by Gasteiger charge is -2.29. The summed E-state index contributed by atoms with van der Waals surface area (Å²) in [6, 6.07) is 4.85. The van der Waals surface area contributed by atoms with Crippen LogP contribution in [0.1, 0.15) is 32.1 Å². The van der Waals surface area contributed by atoms with Crippen molar-refractivity contribution >= 4 is 33.7 Å². The highest BCUT2D eigenvalue weighted by molar-refractivity contribution is 8.28. The minimum atomic E-state index is -1.60. The first kappa shape index (κ1) is 22.7. The van der Waals surface area contributed by atoms with E-state index in [2.05, 4.69) is 5.32 Å². The lowest BCUT2D eigenvalue weighted by molar-refractivity contribution is -0.121. The smallest absolute Gasteiger partial charge is 0.414 e. The predicted molar refractivity (Wildman–Crippen MR) is 119 cm³/mol. The number of anilines is 2. The second-order valence-electron chi connectivity index (χ2n) is 8.39. The van der Waals surface area contributed by atoms with E-state index in [9.17, 15) is 18.5 Å². The van der Waals surface area contributed by atoms with Crippen LogP contribution in [0.2, 0.25) is 0 Å². The van der Waals surface area contributed by atoms with Crippen LogP contribution in [0.3, 0.4) is 0 Å². The van der Waals surface area contributed by atoms with Gasteiger partial charge in [-0.25, -0.2) is 9.18 Å². The Kier molecular flexibility index (Phi) is 7.46. The fourth-order valence-electron chi connectivity index (χ4n) is 3.80. The van der Waals surface area contributed by atoms with Gasteiger partial charge in [0, 0.05) is 19.5 Å². The van der Waals surface area contributed by atoms with E-state index in [4.69, 9.17) is 4.74 Å². The summed E-state index contributed by atoms with van der Waals surface area (Å²) in [4.78, 5) is 27.6. The van der Waals surface area contributed by atoms with Crippen LogP contribution in [0.15, 0.2) is 18.2 Å². The average Bonchev–Trinajstić information content (AvgIpc) is 3.06. The quantitative estimate of drug-likeness (QED) is 0.645. The van der Waals surface area contributed by atoms with Crippen LogP contribution >= 0.6 is 10.3 Å². The van der Waals surface area contributed by atoms with E-state index in [0.717, 1.165) is 25.9 Å². The molecule has 2 amide bonds. The molecule has 30 heavy (non-hydrogen) atoms. The van der Waals surface area contributed by atoms with Gasteiger partial charge in [-0.05, 0) is 62.1 Å². The number of carbonyl (C=O) groups excluding carboxylic acids is 2. The molecule has 0 saturated carbocycles. The largest absolute Gasteiger partial charge is 0.442 e. The second-order valence-corrected chi connectivity index (χ2v) is 11.8. The second kappa shape index (κ2) is 9.87. The summed E-state index contributed by atoms with van der Waals surface area (Å²) in [6.45, 7) is 2.17. The number of rotatable bonds is 8. The van der Waals surface area contributed by atoms with Gasteiger partial charge in [0.15, 0.2) is 0 Å². The molecule has 1 aromatic rings. The molecule has 2 heterocycles. The Morgan fingerprint density at radius 2 is 2.03 bits per heavy atom. The van der Waals surface area contributed by atoms with E-state index < -0.39 is 22.5 Å². The molecule has 0 spiro atoms. The number of hydrogen-bond donors (Lipinski definition) is 2. The van der Waals surface area contributed by atoms with Gasteiger partial charge in [0.1, 0.15) is 11.9 Å². The van der Waals surface area contributed by atoms with Gasteiger partial charge in [-0.2, -0.15) is 0 Å². The maximum absolute atomic E-state index is 14.7. The first-order valence-corrected chi connectivity index (χ1v) is 13.0. The highest BCUT2D eigenvalue weighted by atomic mass is 32.3. The molecule has 9 heteroatoms. The summed E-state index contributed by atoms with van der Waals surface area (Å²) in [5.41, 5.74) is 1.03. The van der Waals surface area contributed by atoms with Crippen LogP contribution in [0.25, 0.3) is 0 Å². The summed E-state index contributed by atoms with van der Waals surface area (Å²) in [5, 5.41) is 2.77. The molecule has 2 aliphatic heterocycles. The van der Waals surface area contributed by atoms with Crippen molar-refractivity contribution in [2.45, 2.75) is 38.2 Å². The Bertz CT molecular complexity index is 765. The van der Waals surface area contributed by atoms with Crippen molar-refractivity contribution < 1.29 is 23.3 Å². The van der Waals surface area contributed by atoms with Gasteiger partial charge in [0.05, 0.1) is 24.5 Å². The van der Waals surface area contributed by atoms with Crippen LogP contribution in [0, 0.1) is 5.82 Å². The van der Waals surface area contributed by atoms with Gasteiger partial charge >= 0.3 is 6.09 Å². The van der Waals surface area contributed by atoms with Crippen LogP contribution < -0.4 is 15.1 Å². The summed E-state index contributed by atoms with van der Waals surface area (Å²) < 4.78 is 29.8. The molecule has 2 N–H and O–H groups in total. The molecule has 2 fully saturated rings. The fourth-order valence-corrected chi connectivity index (χ4v) is 4.65. The van der Waals surface area contributed by atoms with E-state index in [1.165, 1.54) is 17.4 Å². The fraction of sp³-hybridized carbons (Fsp3) is 0.619. The summed E-state index contributed by atoms with van der Waals surface area (Å²) in [5.74, 6) is 0.143. The molecule has 1 aromatic carbocycles. The topological polar surface area (TPSA) is 82.1 Å². The number of carbonyl (C=O) groups is 2. The highest BCUT2D eigenvalue weighted by Gasteiger charge is 2.33. The zero-order chi connectivity index (χ0) is 21.7. The Labute approximate surface area is 179 Å². The molecule has 0 aliphatic carbocycles. The van der Waals surface area contributed by atoms with Crippen molar-refractivity contribution in [3.63, 3.8) is 0 Å². The maximum atomic E-state index is 14.7. The third kappa shape index (κ3) is 6.25. The zero-order valence-corrected chi connectivity index (χ0v) is 18.5. The summed E-state index contributed by atoms with van der Waals surface area (Å²) >= 11 is 0. The number of nitrogens with one attached hydrogen (secondary N) is 1. The average molecular weight is 442 g/mol. The first-order valence-electron chi connectivity index (χ1n) is 10.5. The Balaban J connectivity index is 1.50. The molecular weight excluding hydrogens is 409 g/mol. The van der Waals surface area contributed by atoms with Gasteiger partial charge in [0.2, 0.25) is 5.91 Å². The molecule has 0 radical (unpaired) electrons. The van der Waals surface area contributed by atoms with Crippen molar-refractivity contribution in [3.05, 3.63) is 24.0 Å². The number of benzene rings is 1. The van der Waals surface area contributed by atoms with E-state index in [-0.39, 0.29) is 24.8 Å². The zero-order valence-electron chi connectivity index (χ0n) is 17.7. The van der Waals surface area contributed by atoms with Crippen molar-refractivity contribution in [1.82, 2.24) is 5.32 Å². The van der Waals surface area contributed by atoms with Crippen molar-refractivity contribution in [2.24, 2.45) is 0 Å². The van der Waals surface area contributed by atoms with Crippen molar-refractivity contribution in [2.75, 3.05) is 54.2 Å². The molecule has 7 nitrogen and oxygen atoms in total.